The zero-order valence-corrected chi connectivity index (χ0v) is 13.4. The van der Waals surface area contributed by atoms with Crippen LogP contribution in [-0.4, -0.2) is 31.3 Å². The van der Waals surface area contributed by atoms with Gasteiger partial charge in [0.25, 0.3) is 0 Å². The third kappa shape index (κ3) is 3.24. The van der Waals surface area contributed by atoms with Gasteiger partial charge in [-0.3, -0.25) is 0 Å². The average Bonchev–Trinajstić information content (AvgIpc) is 2.72. The number of nitrogens with zero attached hydrogens (tertiary/aromatic N) is 5. The smallest absolute Gasteiger partial charge is 0.197 e. The number of halogens is 1. The molecule has 0 aromatic carbocycles. The van der Waals surface area contributed by atoms with Crippen molar-refractivity contribution in [2.45, 2.75) is 30.5 Å². The van der Waals surface area contributed by atoms with Crippen LogP contribution in [0.3, 0.4) is 0 Å². The van der Waals surface area contributed by atoms with E-state index in [4.69, 9.17) is 0 Å². The summed E-state index contributed by atoms with van der Waals surface area (Å²) in [5, 5.41) is 13.0. The summed E-state index contributed by atoms with van der Waals surface area (Å²) in [4.78, 5) is 8.50. The first-order valence-corrected chi connectivity index (χ1v) is 7.52. The highest BCUT2D eigenvalue weighted by atomic mass is 79.9. The maximum Gasteiger partial charge on any atom is 0.197 e. The van der Waals surface area contributed by atoms with Crippen LogP contribution in [-0.2, 0) is 7.05 Å². The van der Waals surface area contributed by atoms with E-state index in [9.17, 15) is 0 Å². The Bertz CT molecular complexity index is 570. The average molecular weight is 343 g/mol. The van der Waals surface area contributed by atoms with Gasteiger partial charge in [0.15, 0.2) is 5.16 Å². The van der Waals surface area contributed by atoms with E-state index in [0.29, 0.717) is 0 Å². The van der Waals surface area contributed by atoms with E-state index >= 15 is 0 Å². The van der Waals surface area contributed by atoms with Crippen molar-refractivity contribution in [3.8, 4) is 0 Å². The third-order valence-electron chi connectivity index (χ3n) is 2.54. The second-order valence-electron chi connectivity index (χ2n) is 3.96. The molecule has 2 aromatic rings. The Morgan fingerprint density at radius 2 is 2.16 bits per heavy atom. The zero-order valence-electron chi connectivity index (χ0n) is 11.0. The minimum absolute atomic E-state index is 0.804. The van der Waals surface area contributed by atoms with Crippen molar-refractivity contribution in [2.24, 2.45) is 7.05 Å². The van der Waals surface area contributed by atoms with Gasteiger partial charge >= 0.3 is 0 Å². The highest BCUT2D eigenvalue weighted by molar-refractivity contribution is 9.10. The van der Waals surface area contributed by atoms with Crippen molar-refractivity contribution in [1.82, 2.24) is 24.7 Å². The maximum atomic E-state index is 4.28. The Labute approximate surface area is 124 Å². The monoisotopic (exact) mass is 342 g/mol. The highest BCUT2D eigenvalue weighted by Gasteiger charge is 2.13. The molecule has 0 aliphatic heterocycles. The van der Waals surface area contributed by atoms with Crippen molar-refractivity contribution in [3.63, 3.8) is 0 Å². The molecule has 0 atom stereocenters. The van der Waals surface area contributed by atoms with Crippen molar-refractivity contribution >= 4 is 33.5 Å². The molecule has 0 aliphatic carbocycles. The molecule has 0 fully saturated rings. The van der Waals surface area contributed by atoms with Crippen LogP contribution in [0, 0.1) is 6.92 Å². The summed E-state index contributed by atoms with van der Waals surface area (Å²) in [6, 6.07) is 0. The number of rotatable bonds is 5. The normalized spacial score (nSPS) is 10.7. The number of anilines is 1. The second-order valence-corrected chi connectivity index (χ2v) is 5.71. The molecule has 0 bridgehead atoms. The van der Waals surface area contributed by atoms with Gasteiger partial charge in [0.2, 0.25) is 0 Å². The van der Waals surface area contributed by atoms with Gasteiger partial charge in [-0.05, 0) is 41.0 Å². The Hall–Kier alpha value is -1.15. The topological polar surface area (TPSA) is 68.5 Å². The molecule has 102 valence electrons. The van der Waals surface area contributed by atoms with Crippen molar-refractivity contribution < 1.29 is 0 Å². The van der Waals surface area contributed by atoms with Gasteiger partial charge in [0.05, 0.1) is 4.47 Å². The van der Waals surface area contributed by atoms with Gasteiger partial charge in [-0.2, -0.15) is 0 Å². The van der Waals surface area contributed by atoms with Crippen LogP contribution in [0.1, 0.15) is 19.2 Å². The fourth-order valence-electron chi connectivity index (χ4n) is 1.35. The summed E-state index contributed by atoms with van der Waals surface area (Å²) in [5.41, 5.74) is 0. The lowest BCUT2D eigenvalue weighted by molar-refractivity contribution is 0.764. The lowest BCUT2D eigenvalue weighted by atomic mass is 10.4. The van der Waals surface area contributed by atoms with Crippen LogP contribution in [0.5, 0.6) is 0 Å². The quantitative estimate of drug-likeness (QED) is 0.842. The molecular formula is C11H15BrN6S. The highest BCUT2D eigenvalue weighted by Crippen LogP contribution is 2.33. The van der Waals surface area contributed by atoms with Crippen molar-refractivity contribution in [2.75, 3.05) is 11.9 Å². The SMILES string of the molecule is CCCNc1ncnc(Sc2nnc(C)n2C)c1Br. The number of hydrogen-bond donors (Lipinski definition) is 1. The molecule has 0 saturated carbocycles. The Kier molecular flexibility index (Phi) is 4.76. The van der Waals surface area contributed by atoms with E-state index in [1.807, 2.05) is 18.5 Å². The Morgan fingerprint density at radius 3 is 2.79 bits per heavy atom. The van der Waals surface area contributed by atoms with Crippen LogP contribution in [0.15, 0.2) is 21.0 Å². The summed E-state index contributed by atoms with van der Waals surface area (Å²) >= 11 is 5.00. The van der Waals surface area contributed by atoms with Crippen molar-refractivity contribution in [3.05, 3.63) is 16.6 Å². The molecule has 6 nitrogen and oxygen atoms in total. The first-order chi connectivity index (χ1) is 9.13. The number of hydrogen-bond acceptors (Lipinski definition) is 6. The van der Waals surface area contributed by atoms with Gasteiger partial charge in [0, 0.05) is 13.6 Å². The number of nitrogens with one attached hydrogen (secondary N) is 1. The molecule has 0 radical (unpaired) electrons. The van der Waals surface area contributed by atoms with Gasteiger partial charge in [0.1, 0.15) is 23.0 Å². The molecule has 0 amide bonds. The molecule has 19 heavy (non-hydrogen) atoms. The van der Waals surface area contributed by atoms with Crippen LogP contribution in [0.2, 0.25) is 0 Å². The molecule has 0 unspecified atom stereocenters. The molecule has 0 spiro atoms. The predicted octanol–water partition coefficient (Wildman–Crippen LogP) is 2.65. The van der Waals surface area contributed by atoms with Gasteiger partial charge in [-0.25, -0.2) is 9.97 Å². The molecule has 1 N–H and O–H groups in total. The Balaban J connectivity index is 2.23. The minimum atomic E-state index is 0.804. The molecule has 0 aliphatic rings. The maximum absolute atomic E-state index is 4.28. The second kappa shape index (κ2) is 6.33. The summed E-state index contributed by atoms with van der Waals surface area (Å²) < 4.78 is 2.78. The van der Waals surface area contributed by atoms with E-state index in [2.05, 4.69) is 48.3 Å². The zero-order chi connectivity index (χ0) is 13.8. The first kappa shape index (κ1) is 14.3. The molecule has 0 saturated heterocycles. The van der Waals surface area contributed by atoms with Gasteiger partial charge < -0.3 is 9.88 Å². The van der Waals surface area contributed by atoms with Crippen LogP contribution < -0.4 is 5.32 Å². The minimum Gasteiger partial charge on any atom is -0.369 e. The van der Waals surface area contributed by atoms with Crippen LogP contribution in [0.4, 0.5) is 5.82 Å². The largest absolute Gasteiger partial charge is 0.369 e. The summed E-state index contributed by atoms with van der Waals surface area (Å²) in [6.45, 7) is 4.91. The van der Waals surface area contributed by atoms with Crippen molar-refractivity contribution in [1.29, 1.82) is 0 Å². The molecule has 8 heteroatoms. The van der Waals surface area contributed by atoms with Gasteiger partial charge in [-0.1, -0.05) is 6.92 Å². The van der Waals surface area contributed by atoms with E-state index in [-0.39, 0.29) is 0 Å². The summed E-state index contributed by atoms with van der Waals surface area (Å²) in [5.74, 6) is 1.68. The molecular weight excluding hydrogens is 328 g/mol. The van der Waals surface area contributed by atoms with E-state index in [1.165, 1.54) is 11.8 Å². The summed E-state index contributed by atoms with van der Waals surface area (Å²) in [6.07, 6.45) is 2.59. The standard InChI is InChI=1S/C11H15BrN6S/c1-4-5-13-9-8(12)10(15-6-14-9)19-11-17-16-7(2)18(11)3/h6H,4-5H2,1-3H3,(H,13,14,15). The predicted molar refractivity (Wildman–Crippen MR) is 78.4 cm³/mol. The lowest BCUT2D eigenvalue weighted by Crippen LogP contribution is -2.04. The Morgan fingerprint density at radius 1 is 1.37 bits per heavy atom. The first-order valence-electron chi connectivity index (χ1n) is 5.91. The molecule has 2 rings (SSSR count). The van der Waals surface area contributed by atoms with E-state index in [0.717, 1.165) is 39.3 Å². The third-order valence-corrected chi connectivity index (χ3v) is 4.60. The molecule has 2 heterocycles. The van der Waals surface area contributed by atoms with Gasteiger partial charge in [-0.15, -0.1) is 10.2 Å². The lowest BCUT2D eigenvalue weighted by Gasteiger charge is -2.08. The van der Waals surface area contributed by atoms with E-state index < -0.39 is 0 Å². The number of aryl methyl sites for hydroxylation is 1. The van der Waals surface area contributed by atoms with E-state index in [1.54, 1.807) is 6.33 Å². The van der Waals surface area contributed by atoms with Crippen LogP contribution >= 0.6 is 27.7 Å². The fourth-order valence-corrected chi connectivity index (χ4v) is 2.75. The summed E-state index contributed by atoms with van der Waals surface area (Å²) in [7, 11) is 1.93. The number of aromatic nitrogens is 5. The fraction of sp³-hybridized carbons (Fsp3) is 0.455. The molecule has 2 aromatic heterocycles. The van der Waals surface area contributed by atoms with Crippen LogP contribution in [0.25, 0.3) is 0 Å².